The molecule has 1 fully saturated rings. The van der Waals surface area contributed by atoms with Crippen LogP contribution in [0.25, 0.3) is 17.2 Å². The van der Waals surface area contributed by atoms with Crippen LogP contribution < -0.4 is 9.64 Å². The molecule has 1 aliphatic carbocycles. The van der Waals surface area contributed by atoms with E-state index in [-0.39, 0.29) is 23.3 Å². The molecule has 1 aromatic heterocycles. The number of carboxylic acids is 1. The minimum absolute atomic E-state index is 0.0369. The van der Waals surface area contributed by atoms with Gasteiger partial charge >= 0.3 is 5.97 Å². The van der Waals surface area contributed by atoms with Crippen molar-refractivity contribution < 1.29 is 19.4 Å². The predicted molar refractivity (Wildman–Crippen MR) is 151 cm³/mol. The number of aromatic nitrogens is 1. The van der Waals surface area contributed by atoms with E-state index in [0.717, 1.165) is 46.5 Å². The molecule has 1 atom stereocenters. The maximum atomic E-state index is 13.4. The highest BCUT2D eigenvalue weighted by atomic mass is 16.5. The van der Waals surface area contributed by atoms with Crippen molar-refractivity contribution in [3.63, 3.8) is 0 Å². The second kappa shape index (κ2) is 9.55. The highest BCUT2D eigenvalue weighted by molar-refractivity contribution is 6.00. The van der Waals surface area contributed by atoms with E-state index in [1.54, 1.807) is 24.4 Å². The van der Waals surface area contributed by atoms with Gasteiger partial charge in [0, 0.05) is 17.5 Å². The van der Waals surface area contributed by atoms with E-state index in [4.69, 9.17) is 4.74 Å². The van der Waals surface area contributed by atoms with Crippen molar-refractivity contribution in [1.82, 2.24) is 4.98 Å². The molecule has 6 heteroatoms. The number of rotatable bonds is 6. The lowest BCUT2D eigenvalue weighted by Gasteiger charge is -2.26. The summed E-state index contributed by atoms with van der Waals surface area (Å²) in [6.07, 6.45) is 7.17. The molecule has 0 saturated carbocycles. The van der Waals surface area contributed by atoms with Crippen molar-refractivity contribution >= 4 is 23.6 Å². The number of fused-ring (bicyclic) bond motifs is 1. The smallest absolute Gasteiger partial charge is 0.339 e. The summed E-state index contributed by atoms with van der Waals surface area (Å²) < 4.78 is 6.03. The molecule has 1 N–H and O–H groups in total. The summed E-state index contributed by atoms with van der Waals surface area (Å²) >= 11 is 0. The van der Waals surface area contributed by atoms with E-state index in [1.165, 1.54) is 0 Å². The Morgan fingerprint density at radius 2 is 1.74 bits per heavy atom. The Balaban J connectivity index is 1.31. The molecular weight excluding hydrogens is 488 g/mol. The number of hydrogen-bond donors (Lipinski definition) is 1. The fraction of sp³-hybridized carbons (Fsp3) is 0.182. The van der Waals surface area contributed by atoms with Crippen molar-refractivity contribution in [2.45, 2.75) is 32.7 Å². The van der Waals surface area contributed by atoms with Crippen LogP contribution in [0, 0.1) is 5.41 Å². The van der Waals surface area contributed by atoms with E-state index < -0.39 is 11.4 Å². The summed E-state index contributed by atoms with van der Waals surface area (Å²) in [4.78, 5) is 31.7. The van der Waals surface area contributed by atoms with E-state index in [9.17, 15) is 14.7 Å². The average Bonchev–Trinajstić information content (AvgIpc) is 3.50. The molecular formula is C33H28N2O4. The molecule has 39 heavy (non-hydrogen) atoms. The third-order valence-electron chi connectivity index (χ3n) is 7.50. The number of carbonyl (C=O) groups is 2. The van der Waals surface area contributed by atoms with Gasteiger partial charge in [-0.2, -0.15) is 0 Å². The van der Waals surface area contributed by atoms with Crippen molar-refractivity contribution in [2.75, 3.05) is 4.90 Å². The quantitative estimate of drug-likeness (QED) is 0.291. The first-order valence-corrected chi connectivity index (χ1v) is 13.0. The molecule has 3 aromatic carbocycles. The Morgan fingerprint density at radius 3 is 2.49 bits per heavy atom. The maximum absolute atomic E-state index is 13.4. The van der Waals surface area contributed by atoms with Crippen LogP contribution >= 0.6 is 0 Å². The fourth-order valence-electron chi connectivity index (χ4n) is 5.43. The number of anilines is 1. The molecule has 2 heterocycles. The SMILES string of the molecule is CC1(C)CC(c2ccccc2)N(c2ccc(-c3ccc(C(=O)O)c(Oc4cnc5c(c4)C=CC5)c3)cc2)C1=O. The largest absolute Gasteiger partial charge is 0.478 e. The number of allylic oxidation sites excluding steroid dienone is 1. The molecule has 2 aliphatic rings. The first kappa shape index (κ1) is 24.6. The van der Waals surface area contributed by atoms with Crippen molar-refractivity contribution in [3.8, 4) is 22.6 Å². The van der Waals surface area contributed by atoms with Gasteiger partial charge in [0.25, 0.3) is 0 Å². The second-order valence-corrected chi connectivity index (χ2v) is 10.7. The van der Waals surface area contributed by atoms with Crippen molar-refractivity contribution in [1.29, 1.82) is 0 Å². The van der Waals surface area contributed by atoms with Crippen LogP contribution in [0.15, 0.2) is 91.1 Å². The number of amides is 1. The van der Waals surface area contributed by atoms with Gasteiger partial charge in [-0.25, -0.2) is 4.79 Å². The molecule has 194 valence electrons. The van der Waals surface area contributed by atoms with Crippen LogP contribution in [0.3, 0.4) is 0 Å². The van der Waals surface area contributed by atoms with E-state index >= 15 is 0 Å². The van der Waals surface area contributed by atoms with Crippen LogP contribution in [0.4, 0.5) is 5.69 Å². The van der Waals surface area contributed by atoms with Gasteiger partial charge in [-0.1, -0.05) is 74.5 Å². The number of carboxylic acid groups (broad SMARTS) is 1. The first-order chi connectivity index (χ1) is 18.8. The Bertz CT molecular complexity index is 1610. The molecule has 0 bridgehead atoms. The van der Waals surface area contributed by atoms with Crippen LogP contribution in [0.2, 0.25) is 0 Å². The molecule has 0 spiro atoms. The lowest BCUT2D eigenvalue weighted by molar-refractivity contribution is -0.124. The summed E-state index contributed by atoms with van der Waals surface area (Å²) in [6.45, 7) is 4.00. The van der Waals surface area contributed by atoms with Crippen LogP contribution in [0.5, 0.6) is 11.5 Å². The van der Waals surface area contributed by atoms with Gasteiger partial charge in [0.2, 0.25) is 5.91 Å². The summed E-state index contributed by atoms with van der Waals surface area (Å²) in [7, 11) is 0. The van der Waals surface area contributed by atoms with Gasteiger partial charge in [-0.15, -0.1) is 0 Å². The van der Waals surface area contributed by atoms with Crippen LogP contribution in [-0.4, -0.2) is 22.0 Å². The van der Waals surface area contributed by atoms with Crippen LogP contribution in [-0.2, 0) is 11.2 Å². The minimum Gasteiger partial charge on any atom is -0.478 e. The normalized spacial score (nSPS) is 17.3. The number of hydrogen-bond acceptors (Lipinski definition) is 4. The topological polar surface area (TPSA) is 79.7 Å². The first-order valence-electron chi connectivity index (χ1n) is 13.0. The average molecular weight is 517 g/mol. The maximum Gasteiger partial charge on any atom is 0.339 e. The monoisotopic (exact) mass is 516 g/mol. The minimum atomic E-state index is -1.07. The molecule has 1 unspecified atom stereocenters. The number of ether oxygens (including phenoxy) is 1. The zero-order chi connectivity index (χ0) is 27.1. The number of benzene rings is 3. The third kappa shape index (κ3) is 4.59. The molecule has 0 radical (unpaired) electrons. The van der Waals surface area contributed by atoms with Gasteiger partial charge in [0.1, 0.15) is 17.1 Å². The zero-order valence-electron chi connectivity index (χ0n) is 21.8. The summed E-state index contributed by atoms with van der Waals surface area (Å²) in [5, 5.41) is 9.76. The fourth-order valence-corrected chi connectivity index (χ4v) is 5.43. The second-order valence-electron chi connectivity index (χ2n) is 10.7. The Morgan fingerprint density at radius 1 is 1.00 bits per heavy atom. The van der Waals surface area contributed by atoms with Crippen LogP contribution in [0.1, 0.15) is 53.5 Å². The predicted octanol–water partition coefficient (Wildman–Crippen LogP) is 7.31. The summed E-state index contributed by atoms with van der Waals surface area (Å²) in [5.41, 5.74) is 5.21. The van der Waals surface area contributed by atoms with Gasteiger partial charge in [0.15, 0.2) is 0 Å². The summed E-state index contributed by atoms with van der Waals surface area (Å²) in [5.74, 6) is -0.239. The molecule has 6 nitrogen and oxygen atoms in total. The Hall–Kier alpha value is -4.71. The van der Waals surface area contributed by atoms with Gasteiger partial charge in [-0.3, -0.25) is 9.78 Å². The zero-order valence-corrected chi connectivity index (χ0v) is 21.8. The highest BCUT2D eigenvalue weighted by Gasteiger charge is 2.46. The Kier molecular flexibility index (Phi) is 6.03. The number of nitrogens with zero attached hydrogens (tertiary/aromatic N) is 2. The van der Waals surface area contributed by atoms with E-state index in [2.05, 4.69) is 17.1 Å². The number of carbonyl (C=O) groups excluding carboxylic acids is 1. The van der Waals surface area contributed by atoms with Gasteiger partial charge < -0.3 is 14.7 Å². The molecule has 1 aliphatic heterocycles. The van der Waals surface area contributed by atoms with E-state index in [0.29, 0.717) is 5.75 Å². The van der Waals surface area contributed by atoms with Crippen molar-refractivity contribution in [3.05, 3.63) is 114 Å². The van der Waals surface area contributed by atoms with Gasteiger partial charge in [-0.05, 0) is 59.0 Å². The number of aromatic carboxylic acids is 1. The molecule has 1 amide bonds. The standard InChI is InChI=1S/C33H28N2O4/c1-33(2)19-29(22-7-4-3-5-8-22)35(32(33)38)25-14-11-21(12-15-25)23-13-16-27(31(36)37)30(18-23)39-26-17-24-9-6-10-28(24)34-20-26/h3-9,11-18,20,29H,10,19H2,1-2H3,(H,36,37). The third-order valence-corrected chi connectivity index (χ3v) is 7.50. The lowest BCUT2D eigenvalue weighted by Crippen LogP contribution is -2.32. The Labute approximate surface area is 227 Å². The molecule has 1 saturated heterocycles. The summed E-state index contributed by atoms with van der Waals surface area (Å²) in [6, 6.07) is 24.8. The van der Waals surface area contributed by atoms with Crippen molar-refractivity contribution in [2.24, 2.45) is 5.41 Å². The van der Waals surface area contributed by atoms with Gasteiger partial charge in [0.05, 0.1) is 17.9 Å². The molecule has 4 aromatic rings. The highest BCUT2D eigenvalue weighted by Crippen LogP contribution is 2.46. The van der Waals surface area contributed by atoms with E-state index in [1.807, 2.05) is 79.4 Å². The number of pyridine rings is 1. The molecule has 6 rings (SSSR count). The lowest BCUT2D eigenvalue weighted by atomic mass is 9.88.